The molecule has 84 heavy (non-hydrogen) atoms. The van der Waals surface area contributed by atoms with Crippen molar-refractivity contribution in [1.82, 2.24) is 19.1 Å². The highest BCUT2D eigenvalue weighted by Crippen LogP contribution is 2.44. The molecule has 0 amide bonds. The molecule has 16 rings (SSSR count). The highest BCUT2D eigenvalue weighted by Gasteiger charge is 2.25. The van der Waals surface area contributed by atoms with Crippen LogP contribution in [0.3, 0.4) is 0 Å². The number of benzene rings is 12. The van der Waals surface area contributed by atoms with Gasteiger partial charge in [-0.3, -0.25) is 0 Å². The molecule has 3 aromatic heterocycles. The quantitative estimate of drug-likeness (QED) is 0.137. The summed E-state index contributed by atoms with van der Waals surface area (Å²) in [7, 11) is 0. The second-order valence-corrected chi connectivity index (χ2v) is 22.0. The third-order valence-corrected chi connectivity index (χ3v) is 17.1. The van der Waals surface area contributed by atoms with Gasteiger partial charge in [-0.05, 0) is 135 Å². The molecule has 0 N–H and O–H groups in total. The largest absolute Gasteiger partial charge is 0.313 e. The molecular weight excluding hydrogens is 1020 g/mol. The average Bonchev–Trinajstić information content (AvgIpc) is 2.03. The van der Waals surface area contributed by atoms with Gasteiger partial charge in [-0.1, -0.05) is 237 Å². The van der Waals surface area contributed by atoms with Gasteiger partial charge in [0.25, 0.3) is 0 Å². The van der Waals surface area contributed by atoms with Crippen LogP contribution in [-0.4, -0.2) is 19.1 Å². The lowest BCUT2D eigenvalue weighted by molar-refractivity contribution is 0.898. The fourth-order valence-corrected chi connectivity index (χ4v) is 13.0. The third-order valence-electron chi connectivity index (χ3n) is 17.1. The topological polar surface area (TPSA) is 35.6 Å². The first kappa shape index (κ1) is 48.9. The number of nitrogens with zero attached hydrogens (tertiary/aromatic N) is 4. The van der Waals surface area contributed by atoms with E-state index in [0.717, 1.165) is 91.1 Å². The second-order valence-electron chi connectivity index (χ2n) is 22.0. The van der Waals surface area contributed by atoms with Crippen LogP contribution in [-0.2, 0) is 6.42 Å². The lowest BCUT2D eigenvalue weighted by atomic mass is 9.91. The van der Waals surface area contributed by atoms with Crippen LogP contribution in [0.25, 0.3) is 145 Å². The van der Waals surface area contributed by atoms with Gasteiger partial charge in [-0.15, -0.1) is 0 Å². The van der Waals surface area contributed by atoms with Gasteiger partial charge in [0.15, 0.2) is 0 Å². The molecule has 394 valence electrons. The van der Waals surface area contributed by atoms with Crippen molar-refractivity contribution in [2.75, 3.05) is 0 Å². The van der Waals surface area contributed by atoms with E-state index < -0.39 is 0 Å². The van der Waals surface area contributed by atoms with E-state index in [1.807, 2.05) is 0 Å². The van der Waals surface area contributed by atoms with Crippen molar-refractivity contribution >= 4 is 55.4 Å². The molecule has 1 aliphatic carbocycles. The lowest BCUT2D eigenvalue weighted by Gasteiger charge is -2.18. The van der Waals surface area contributed by atoms with Crippen LogP contribution in [0.5, 0.6) is 0 Å². The Kier molecular flexibility index (Phi) is 12.0. The molecule has 15 aromatic rings. The summed E-state index contributed by atoms with van der Waals surface area (Å²) in [6.45, 7) is 0. The highest BCUT2D eigenvalue weighted by atomic mass is 15.0. The van der Waals surface area contributed by atoms with Crippen LogP contribution in [0.15, 0.2) is 297 Å². The molecule has 0 fully saturated rings. The van der Waals surface area contributed by atoms with E-state index in [-0.39, 0.29) is 0 Å². The van der Waals surface area contributed by atoms with Crippen molar-refractivity contribution in [1.29, 1.82) is 0 Å². The van der Waals surface area contributed by atoms with Crippen LogP contribution >= 0.6 is 0 Å². The Morgan fingerprint density at radius 1 is 0.262 bits per heavy atom. The molecular formula is C80H54N4. The lowest BCUT2D eigenvalue weighted by Crippen LogP contribution is -2.05. The molecule has 0 saturated heterocycles. The second kappa shape index (κ2) is 20.6. The molecule has 0 spiro atoms. The molecule has 0 radical (unpaired) electrons. The predicted octanol–water partition coefficient (Wildman–Crippen LogP) is 20.8. The van der Waals surface area contributed by atoms with Gasteiger partial charge in [0.05, 0.1) is 39.0 Å². The standard InChI is InChI=1S/C80H54N4/c1-7-19-53(20-8-1)61-35-45-73-69(49-61)70-50-62(54-21-9-2-10-22-54)36-46-74(70)83(73)65-39-31-59(32-40-65)77-78(82-80-68(58-29-17-6-18-30-58)44-43-67(79(80)81-77)57-27-15-5-16-28-57)60-33-41-66(42-34-60)84-75-47-37-63(55-23-11-3-12-24-55)51-71(75)72-52-64(38-48-76(72)84)56-25-13-4-14-26-56/h1-37,39-47,49-52H,38,48H2. The van der Waals surface area contributed by atoms with Crippen molar-refractivity contribution in [3.05, 3.63) is 314 Å². The van der Waals surface area contributed by atoms with E-state index in [2.05, 4.69) is 312 Å². The van der Waals surface area contributed by atoms with E-state index in [1.54, 1.807) is 0 Å². The van der Waals surface area contributed by atoms with Crippen molar-refractivity contribution in [2.24, 2.45) is 0 Å². The highest BCUT2D eigenvalue weighted by molar-refractivity contribution is 6.12. The molecule has 3 heterocycles. The fourth-order valence-electron chi connectivity index (χ4n) is 13.0. The Morgan fingerprint density at radius 2 is 0.607 bits per heavy atom. The smallest absolute Gasteiger partial charge is 0.0979 e. The Balaban J connectivity index is 0.870. The summed E-state index contributed by atoms with van der Waals surface area (Å²) in [5, 5.41) is 3.67. The van der Waals surface area contributed by atoms with Gasteiger partial charge < -0.3 is 9.13 Å². The molecule has 4 heteroatoms. The number of rotatable bonds is 10. The average molecular weight is 1070 g/mol. The van der Waals surface area contributed by atoms with Gasteiger partial charge in [0.2, 0.25) is 0 Å². The van der Waals surface area contributed by atoms with E-state index in [0.29, 0.717) is 0 Å². The molecule has 0 unspecified atom stereocenters. The normalized spacial score (nSPS) is 12.3. The summed E-state index contributed by atoms with van der Waals surface area (Å²) in [6.07, 6.45) is 4.33. The van der Waals surface area contributed by atoms with Crippen molar-refractivity contribution < 1.29 is 0 Å². The molecule has 0 saturated carbocycles. The molecule has 0 bridgehead atoms. The Hall–Kier alpha value is -10.9. The van der Waals surface area contributed by atoms with Crippen LogP contribution in [0.4, 0.5) is 0 Å². The van der Waals surface area contributed by atoms with Gasteiger partial charge >= 0.3 is 0 Å². The van der Waals surface area contributed by atoms with E-state index in [9.17, 15) is 0 Å². The van der Waals surface area contributed by atoms with E-state index in [4.69, 9.17) is 9.97 Å². The summed E-state index contributed by atoms with van der Waals surface area (Å²) in [5.74, 6) is 0. The van der Waals surface area contributed by atoms with Crippen LogP contribution in [0.1, 0.15) is 23.2 Å². The van der Waals surface area contributed by atoms with Crippen LogP contribution in [0, 0.1) is 0 Å². The third kappa shape index (κ3) is 8.54. The first-order valence-corrected chi connectivity index (χ1v) is 29.0. The first-order valence-electron chi connectivity index (χ1n) is 29.0. The fraction of sp³-hybridized carbons (Fsp3) is 0.0250. The summed E-state index contributed by atoms with van der Waals surface area (Å²) >= 11 is 0. The van der Waals surface area contributed by atoms with Crippen molar-refractivity contribution in [3.63, 3.8) is 0 Å². The maximum Gasteiger partial charge on any atom is 0.0979 e. The van der Waals surface area contributed by atoms with E-state index in [1.165, 1.54) is 77.5 Å². The van der Waals surface area contributed by atoms with Gasteiger partial charge in [-0.2, -0.15) is 0 Å². The van der Waals surface area contributed by atoms with E-state index >= 15 is 0 Å². The maximum absolute atomic E-state index is 5.81. The first-order chi connectivity index (χ1) is 41.6. The SMILES string of the molecule is C1=C(c2ccccc2)CCc2c1c1cc(-c3ccccc3)ccc1n2-c1ccc(-c2nc3c(-c4ccccc4)ccc(-c4ccccc4)c3nc2-c2ccc(-n3c4ccc(-c5ccccc5)cc4c4cc(-c5ccccc5)ccc43)cc2)cc1. The van der Waals surface area contributed by atoms with Crippen LogP contribution in [0.2, 0.25) is 0 Å². The summed E-state index contributed by atoms with van der Waals surface area (Å²) < 4.78 is 4.90. The summed E-state index contributed by atoms with van der Waals surface area (Å²) in [4.78, 5) is 11.6. The molecule has 1 aliphatic rings. The number of fused-ring (bicyclic) bond motifs is 7. The Morgan fingerprint density at radius 3 is 1.02 bits per heavy atom. The van der Waals surface area contributed by atoms with Gasteiger partial charge in [-0.25, -0.2) is 9.97 Å². The minimum Gasteiger partial charge on any atom is -0.313 e. The zero-order valence-corrected chi connectivity index (χ0v) is 46.1. The van der Waals surface area contributed by atoms with Crippen molar-refractivity contribution in [2.45, 2.75) is 12.8 Å². The van der Waals surface area contributed by atoms with Crippen molar-refractivity contribution in [3.8, 4) is 89.5 Å². The minimum atomic E-state index is 0.822. The predicted molar refractivity (Wildman–Crippen MR) is 351 cm³/mol. The summed E-state index contributed by atoms with van der Waals surface area (Å²) in [6, 6.07) is 107. The van der Waals surface area contributed by atoms with Gasteiger partial charge in [0, 0.05) is 61.0 Å². The zero-order chi connectivity index (χ0) is 55.5. The monoisotopic (exact) mass is 1070 g/mol. The molecule has 0 atom stereocenters. The zero-order valence-electron chi connectivity index (χ0n) is 46.1. The molecule has 4 nitrogen and oxygen atoms in total. The molecule has 0 aliphatic heterocycles. The number of hydrogen-bond donors (Lipinski definition) is 0. The number of hydrogen-bond acceptors (Lipinski definition) is 2. The number of allylic oxidation sites excluding steroid dienone is 1. The van der Waals surface area contributed by atoms with Gasteiger partial charge in [0.1, 0.15) is 0 Å². The Labute approximate surface area is 488 Å². The minimum absolute atomic E-state index is 0.822. The van der Waals surface area contributed by atoms with Crippen LogP contribution < -0.4 is 0 Å². The number of aromatic nitrogens is 4. The molecule has 12 aromatic carbocycles. The summed E-state index contributed by atoms with van der Waals surface area (Å²) in [5.41, 5.74) is 27.7. The Bertz CT molecular complexity index is 4890. The maximum atomic E-state index is 5.81.